The third-order valence-electron chi connectivity index (χ3n) is 3.20. The van der Waals surface area contributed by atoms with Crippen molar-refractivity contribution in [3.05, 3.63) is 40.4 Å². The summed E-state index contributed by atoms with van der Waals surface area (Å²) in [6.45, 7) is 1.98. The van der Waals surface area contributed by atoms with Crippen LogP contribution < -0.4 is 0 Å². The smallest absolute Gasteiger partial charge is 0.258 e. The lowest BCUT2D eigenvalue weighted by Gasteiger charge is -2.05. The van der Waals surface area contributed by atoms with Gasteiger partial charge in [0.05, 0.1) is 27.6 Å². The van der Waals surface area contributed by atoms with E-state index in [2.05, 4.69) is 4.98 Å². The maximum Gasteiger partial charge on any atom is 0.281 e. The van der Waals surface area contributed by atoms with Crippen LogP contribution in [0, 0.1) is 10.1 Å². The van der Waals surface area contributed by atoms with E-state index in [9.17, 15) is 18.5 Å². The summed E-state index contributed by atoms with van der Waals surface area (Å²) in [6, 6.07) is 7.53. The number of nitro groups is 1. The number of sulfone groups is 1. The molecule has 0 amide bonds. The van der Waals surface area contributed by atoms with Crippen molar-refractivity contribution in [2.24, 2.45) is 0 Å². The zero-order valence-electron chi connectivity index (χ0n) is 11.7. The summed E-state index contributed by atoms with van der Waals surface area (Å²) in [4.78, 5) is 14.6. The number of unbranched alkanes of at least 4 members (excludes halogenated alkanes) is 2. The average molecular weight is 308 g/mol. The standard InChI is InChI=1S/C14H16N2O4S/c1-2-3-6-9-21(19,20)14-10-13(16(17)18)11-7-4-5-8-12(11)15-14/h4-5,7-8,10H,2-3,6,9H2,1H3. The molecule has 0 aliphatic rings. The van der Waals surface area contributed by atoms with Gasteiger partial charge in [0.25, 0.3) is 5.69 Å². The Labute approximate surface area is 122 Å². The van der Waals surface area contributed by atoms with Crippen molar-refractivity contribution >= 4 is 26.4 Å². The molecule has 0 saturated carbocycles. The molecule has 0 radical (unpaired) electrons. The molecule has 6 nitrogen and oxygen atoms in total. The molecule has 112 valence electrons. The van der Waals surface area contributed by atoms with Crippen LogP contribution in [0.1, 0.15) is 26.2 Å². The molecule has 0 aliphatic carbocycles. The number of hydrogen-bond acceptors (Lipinski definition) is 5. The molecule has 21 heavy (non-hydrogen) atoms. The second-order valence-electron chi connectivity index (χ2n) is 4.78. The lowest BCUT2D eigenvalue weighted by atomic mass is 10.2. The van der Waals surface area contributed by atoms with Crippen LogP contribution in [-0.2, 0) is 9.84 Å². The van der Waals surface area contributed by atoms with Crippen LogP contribution in [0.4, 0.5) is 5.69 Å². The Morgan fingerprint density at radius 2 is 1.95 bits per heavy atom. The summed E-state index contributed by atoms with van der Waals surface area (Å²) in [5.41, 5.74) is 0.0930. The van der Waals surface area contributed by atoms with Gasteiger partial charge >= 0.3 is 0 Å². The number of para-hydroxylation sites is 1. The van der Waals surface area contributed by atoms with Crippen molar-refractivity contribution in [1.82, 2.24) is 4.98 Å². The summed E-state index contributed by atoms with van der Waals surface area (Å²) in [7, 11) is -3.60. The lowest BCUT2D eigenvalue weighted by molar-refractivity contribution is -0.383. The zero-order valence-corrected chi connectivity index (χ0v) is 12.5. The second-order valence-corrected chi connectivity index (χ2v) is 6.84. The minimum Gasteiger partial charge on any atom is -0.258 e. The molecule has 0 aliphatic heterocycles. The van der Waals surface area contributed by atoms with Gasteiger partial charge in [0.15, 0.2) is 14.9 Å². The Morgan fingerprint density at radius 3 is 2.62 bits per heavy atom. The molecule has 2 rings (SSSR count). The van der Waals surface area contributed by atoms with Crippen LogP contribution in [-0.4, -0.2) is 24.1 Å². The largest absolute Gasteiger partial charge is 0.281 e. The molecule has 0 N–H and O–H groups in total. The van der Waals surface area contributed by atoms with Gasteiger partial charge in [0.2, 0.25) is 0 Å². The van der Waals surface area contributed by atoms with Crippen molar-refractivity contribution < 1.29 is 13.3 Å². The molecule has 0 unspecified atom stereocenters. The maximum atomic E-state index is 12.2. The third kappa shape index (κ3) is 3.36. The van der Waals surface area contributed by atoms with Gasteiger partial charge in [0, 0.05) is 0 Å². The third-order valence-corrected chi connectivity index (χ3v) is 4.88. The fraction of sp³-hybridized carbons (Fsp3) is 0.357. The minimum atomic E-state index is -3.60. The molecule has 0 saturated heterocycles. The number of benzene rings is 1. The Morgan fingerprint density at radius 1 is 1.24 bits per heavy atom. The highest BCUT2D eigenvalue weighted by molar-refractivity contribution is 7.91. The summed E-state index contributed by atoms with van der Waals surface area (Å²) in [6.07, 6.45) is 2.23. The molecule has 2 aromatic rings. The average Bonchev–Trinajstić information content (AvgIpc) is 2.46. The quantitative estimate of drug-likeness (QED) is 0.464. The molecular formula is C14H16N2O4S. The summed E-state index contributed by atoms with van der Waals surface area (Å²) < 4.78 is 24.5. The summed E-state index contributed by atoms with van der Waals surface area (Å²) >= 11 is 0. The van der Waals surface area contributed by atoms with E-state index < -0.39 is 14.8 Å². The van der Waals surface area contributed by atoms with Crippen molar-refractivity contribution in [2.75, 3.05) is 5.75 Å². The summed E-state index contributed by atoms with van der Waals surface area (Å²) in [5, 5.41) is 11.3. The van der Waals surface area contributed by atoms with Gasteiger partial charge in [-0.05, 0) is 18.6 Å². The number of pyridine rings is 1. The monoisotopic (exact) mass is 308 g/mol. The van der Waals surface area contributed by atoms with Crippen LogP contribution in [0.15, 0.2) is 35.4 Å². The first-order chi connectivity index (χ1) is 9.95. The Bertz CT molecular complexity index is 772. The molecule has 1 aromatic carbocycles. The maximum absolute atomic E-state index is 12.2. The van der Waals surface area contributed by atoms with Gasteiger partial charge in [0.1, 0.15) is 0 Å². The first kappa shape index (κ1) is 15.4. The fourth-order valence-electron chi connectivity index (χ4n) is 2.09. The molecular weight excluding hydrogens is 292 g/mol. The molecule has 0 bridgehead atoms. The van der Waals surface area contributed by atoms with E-state index >= 15 is 0 Å². The van der Waals surface area contributed by atoms with Gasteiger partial charge < -0.3 is 0 Å². The van der Waals surface area contributed by atoms with Gasteiger partial charge in [-0.1, -0.05) is 31.9 Å². The van der Waals surface area contributed by atoms with Crippen molar-refractivity contribution in [2.45, 2.75) is 31.2 Å². The normalized spacial score (nSPS) is 11.7. The predicted octanol–water partition coefficient (Wildman–Crippen LogP) is 3.11. The molecule has 1 heterocycles. The zero-order chi connectivity index (χ0) is 15.5. The van der Waals surface area contributed by atoms with Crippen LogP contribution in [0.2, 0.25) is 0 Å². The van der Waals surface area contributed by atoms with Crippen molar-refractivity contribution in [3.8, 4) is 0 Å². The number of fused-ring (bicyclic) bond motifs is 1. The molecule has 1 aromatic heterocycles. The van der Waals surface area contributed by atoms with E-state index in [-0.39, 0.29) is 16.5 Å². The highest BCUT2D eigenvalue weighted by Gasteiger charge is 2.22. The Balaban J connectivity index is 2.52. The SMILES string of the molecule is CCCCCS(=O)(=O)c1cc([N+](=O)[O-])c2ccccc2n1. The van der Waals surface area contributed by atoms with E-state index in [1.165, 1.54) is 0 Å². The Kier molecular flexibility index (Phi) is 4.52. The second kappa shape index (κ2) is 6.17. The lowest BCUT2D eigenvalue weighted by Crippen LogP contribution is -2.09. The number of hydrogen-bond donors (Lipinski definition) is 0. The van der Waals surface area contributed by atoms with Gasteiger partial charge in [-0.3, -0.25) is 10.1 Å². The predicted molar refractivity (Wildman–Crippen MR) is 80.0 cm³/mol. The molecule has 0 spiro atoms. The fourth-order valence-corrected chi connectivity index (χ4v) is 3.41. The highest BCUT2D eigenvalue weighted by atomic mass is 32.2. The molecule has 0 fully saturated rings. The topological polar surface area (TPSA) is 90.2 Å². The van der Waals surface area contributed by atoms with Gasteiger partial charge in [-0.25, -0.2) is 13.4 Å². The van der Waals surface area contributed by atoms with Crippen molar-refractivity contribution in [1.29, 1.82) is 0 Å². The van der Waals surface area contributed by atoms with E-state index in [1.54, 1.807) is 24.3 Å². The minimum absolute atomic E-state index is 0.0384. The molecule has 0 atom stereocenters. The number of aromatic nitrogens is 1. The Hall–Kier alpha value is -2.02. The number of rotatable bonds is 6. The van der Waals surface area contributed by atoms with E-state index in [4.69, 9.17) is 0 Å². The molecule has 7 heteroatoms. The van der Waals surface area contributed by atoms with Crippen LogP contribution in [0.3, 0.4) is 0 Å². The van der Waals surface area contributed by atoms with Crippen LogP contribution in [0.5, 0.6) is 0 Å². The van der Waals surface area contributed by atoms with Crippen molar-refractivity contribution in [3.63, 3.8) is 0 Å². The van der Waals surface area contributed by atoms with E-state index in [1.807, 2.05) is 6.92 Å². The van der Waals surface area contributed by atoms with Gasteiger partial charge in [-0.2, -0.15) is 0 Å². The number of nitrogens with zero attached hydrogens (tertiary/aromatic N) is 2. The van der Waals surface area contributed by atoms with E-state index in [0.717, 1.165) is 18.9 Å². The first-order valence-corrected chi connectivity index (χ1v) is 8.38. The highest BCUT2D eigenvalue weighted by Crippen LogP contribution is 2.27. The first-order valence-electron chi connectivity index (χ1n) is 6.72. The van der Waals surface area contributed by atoms with Crippen LogP contribution >= 0.6 is 0 Å². The van der Waals surface area contributed by atoms with Crippen LogP contribution in [0.25, 0.3) is 10.9 Å². The van der Waals surface area contributed by atoms with Gasteiger partial charge in [-0.15, -0.1) is 0 Å². The van der Waals surface area contributed by atoms with E-state index in [0.29, 0.717) is 17.3 Å². The summed E-state index contributed by atoms with van der Waals surface area (Å²) in [5.74, 6) is -0.0384.